The van der Waals surface area contributed by atoms with Gasteiger partial charge in [0.15, 0.2) is 11.5 Å². The van der Waals surface area contributed by atoms with Crippen molar-refractivity contribution in [2.24, 2.45) is 5.92 Å². The molecular weight excluding hydrogens is 438 g/mol. The molecule has 3 aliphatic heterocycles. The van der Waals surface area contributed by atoms with Crippen LogP contribution in [0.3, 0.4) is 0 Å². The minimum absolute atomic E-state index is 0.0622. The molecule has 3 aliphatic rings. The number of nitrogens with zero attached hydrogens (tertiary/aromatic N) is 3. The van der Waals surface area contributed by atoms with Crippen molar-refractivity contribution in [1.82, 2.24) is 14.7 Å². The third kappa shape index (κ3) is 5.70. The highest BCUT2D eigenvalue weighted by molar-refractivity contribution is 5.89. The lowest BCUT2D eigenvalue weighted by atomic mass is 9.94. The lowest BCUT2D eigenvalue weighted by molar-refractivity contribution is -0.137. The molecule has 0 spiro atoms. The van der Waals surface area contributed by atoms with Crippen LogP contribution in [0.25, 0.3) is 0 Å². The number of piperidine rings is 1. The standard InChI is InChI=1S/C24H33N3O4.CH2O2/c1-4-8-27-16-19(14-23(27)28)24(29)25-10-6-20(7-11-25)26-9-5-17-12-21(30-2)22(31-3)13-18(17)15-26;2-1-3/h4,12-13,19-20H,1,5-11,14-16H2,2-3H3;1H,(H,2,3). The van der Waals surface area contributed by atoms with Crippen molar-refractivity contribution in [2.75, 3.05) is 46.9 Å². The average Bonchev–Trinajstić information content (AvgIpc) is 3.23. The summed E-state index contributed by atoms with van der Waals surface area (Å²) in [6, 6.07) is 4.68. The normalized spacial score (nSPS) is 20.8. The van der Waals surface area contributed by atoms with E-state index in [9.17, 15) is 9.59 Å². The molecule has 34 heavy (non-hydrogen) atoms. The van der Waals surface area contributed by atoms with Gasteiger partial charge in [-0.3, -0.25) is 19.3 Å². The van der Waals surface area contributed by atoms with Gasteiger partial charge in [0.2, 0.25) is 11.8 Å². The van der Waals surface area contributed by atoms with E-state index in [-0.39, 0.29) is 24.2 Å². The van der Waals surface area contributed by atoms with Crippen molar-refractivity contribution in [3.8, 4) is 11.5 Å². The monoisotopic (exact) mass is 473 g/mol. The Morgan fingerprint density at radius 3 is 2.35 bits per heavy atom. The number of amides is 2. The van der Waals surface area contributed by atoms with Crippen LogP contribution >= 0.6 is 0 Å². The SMILES string of the molecule is C=CCN1CC(C(=O)N2CCC(N3CCc4cc(OC)c(OC)cc4C3)CC2)CC1=O.O=CO. The van der Waals surface area contributed by atoms with E-state index in [4.69, 9.17) is 19.4 Å². The Bertz CT molecular complexity index is 897. The van der Waals surface area contributed by atoms with Crippen molar-refractivity contribution in [2.45, 2.75) is 38.3 Å². The van der Waals surface area contributed by atoms with Crippen LogP contribution in [0, 0.1) is 5.92 Å². The quantitative estimate of drug-likeness (QED) is 0.497. The number of carbonyl (C=O) groups excluding carboxylic acids is 2. The largest absolute Gasteiger partial charge is 0.493 e. The lowest BCUT2D eigenvalue weighted by Crippen LogP contribution is -2.49. The van der Waals surface area contributed by atoms with Crippen LogP contribution in [0.4, 0.5) is 0 Å². The number of rotatable bonds is 6. The molecule has 0 radical (unpaired) electrons. The summed E-state index contributed by atoms with van der Waals surface area (Å²) in [7, 11) is 3.35. The van der Waals surface area contributed by atoms with E-state index in [0.717, 1.165) is 56.9 Å². The fraction of sp³-hybridized carbons (Fsp3) is 0.560. The highest BCUT2D eigenvalue weighted by Gasteiger charge is 2.37. The van der Waals surface area contributed by atoms with Gasteiger partial charge in [0.25, 0.3) is 6.47 Å². The maximum absolute atomic E-state index is 13.0. The fourth-order valence-corrected chi connectivity index (χ4v) is 5.20. The second kappa shape index (κ2) is 11.9. The van der Waals surface area contributed by atoms with E-state index in [1.165, 1.54) is 11.1 Å². The summed E-state index contributed by atoms with van der Waals surface area (Å²) in [6.07, 6.45) is 5.01. The minimum Gasteiger partial charge on any atom is -0.493 e. The first-order valence-corrected chi connectivity index (χ1v) is 11.7. The summed E-state index contributed by atoms with van der Waals surface area (Å²) in [6.45, 7) is 7.96. The van der Waals surface area contributed by atoms with Gasteiger partial charge in [-0.2, -0.15) is 0 Å². The first kappa shape index (κ1) is 25.6. The fourth-order valence-electron chi connectivity index (χ4n) is 5.20. The smallest absolute Gasteiger partial charge is 0.290 e. The molecule has 0 aliphatic carbocycles. The molecule has 9 nitrogen and oxygen atoms in total. The Morgan fingerprint density at radius 2 is 1.76 bits per heavy atom. The first-order valence-electron chi connectivity index (χ1n) is 11.7. The first-order chi connectivity index (χ1) is 16.4. The van der Waals surface area contributed by atoms with Gasteiger partial charge < -0.3 is 24.4 Å². The lowest BCUT2D eigenvalue weighted by Gasteiger charge is -2.41. The van der Waals surface area contributed by atoms with Gasteiger partial charge in [-0.25, -0.2) is 0 Å². The molecule has 1 atom stereocenters. The molecule has 186 valence electrons. The van der Waals surface area contributed by atoms with Gasteiger partial charge >= 0.3 is 0 Å². The maximum atomic E-state index is 13.0. The predicted molar refractivity (Wildman–Crippen MR) is 127 cm³/mol. The molecular formula is C25H35N3O6. The molecule has 2 saturated heterocycles. The highest BCUT2D eigenvalue weighted by atomic mass is 16.5. The molecule has 3 heterocycles. The number of fused-ring (bicyclic) bond motifs is 1. The maximum Gasteiger partial charge on any atom is 0.290 e. The Balaban J connectivity index is 0.00000103. The molecule has 4 rings (SSSR count). The van der Waals surface area contributed by atoms with Crippen LogP contribution in [0.1, 0.15) is 30.4 Å². The number of methoxy groups -OCH3 is 2. The van der Waals surface area contributed by atoms with E-state index < -0.39 is 0 Å². The summed E-state index contributed by atoms with van der Waals surface area (Å²) >= 11 is 0. The van der Waals surface area contributed by atoms with Crippen LogP contribution < -0.4 is 9.47 Å². The zero-order valence-corrected chi connectivity index (χ0v) is 20.1. The molecule has 1 aromatic rings. The second-order valence-corrected chi connectivity index (χ2v) is 8.85. The van der Waals surface area contributed by atoms with Gasteiger partial charge in [0, 0.05) is 51.7 Å². The van der Waals surface area contributed by atoms with Gasteiger partial charge in [-0.15, -0.1) is 6.58 Å². The average molecular weight is 474 g/mol. The van der Waals surface area contributed by atoms with Crippen LogP contribution in [0.2, 0.25) is 0 Å². The van der Waals surface area contributed by atoms with Gasteiger partial charge in [0.1, 0.15) is 0 Å². The molecule has 2 fully saturated rings. The summed E-state index contributed by atoms with van der Waals surface area (Å²) in [4.78, 5) is 39.7. The zero-order chi connectivity index (χ0) is 24.7. The molecule has 0 saturated carbocycles. The predicted octanol–water partition coefficient (Wildman–Crippen LogP) is 1.79. The number of likely N-dealkylation sites (tertiary alicyclic amines) is 2. The van der Waals surface area contributed by atoms with E-state index in [2.05, 4.69) is 23.6 Å². The molecule has 0 bridgehead atoms. The summed E-state index contributed by atoms with van der Waals surface area (Å²) < 4.78 is 10.9. The molecule has 1 unspecified atom stereocenters. The summed E-state index contributed by atoms with van der Waals surface area (Å²) in [5.74, 6) is 1.57. The summed E-state index contributed by atoms with van der Waals surface area (Å²) in [5, 5.41) is 6.89. The Labute approximate surface area is 200 Å². The van der Waals surface area contributed by atoms with Gasteiger partial charge in [0.05, 0.1) is 20.1 Å². The minimum atomic E-state index is -0.250. The molecule has 1 aromatic carbocycles. The molecule has 9 heteroatoms. The highest BCUT2D eigenvalue weighted by Crippen LogP contribution is 2.34. The van der Waals surface area contributed by atoms with Crippen LogP contribution in [0.15, 0.2) is 24.8 Å². The van der Waals surface area contributed by atoms with E-state index in [0.29, 0.717) is 25.6 Å². The van der Waals surface area contributed by atoms with Gasteiger partial charge in [-0.1, -0.05) is 6.08 Å². The van der Waals surface area contributed by atoms with Crippen molar-refractivity contribution >= 4 is 18.3 Å². The Morgan fingerprint density at radius 1 is 1.15 bits per heavy atom. The van der Waals surface area contributed by atoms with Crippen molar-refractivity contribution in [3.05, 3.63) is 35.9 Å². The number of ether oxygens (including phenoxy) is 2. The zero-order valence-electron chi connectivity index (χ0n) is 20.1. The Hall–Kier alpha value is -3.07. The second-order valence-electron chi connectivity index (χ2n) is 8.85. The van der Waals surface area contributed by atoms with Crippen LogP contribution in [-0.4, -0.2) is 91.1 Å². The van der Waals surface area contributed by atoms with Crippen LogP contribution in [0.5, 0.6) is 11.5 Å². The number of hydrogen-bond donors (Lipinski definition) is 1. The summed E-state index contributed by atoms with van der Waals surface area (Å²) in [5.41, 5.74) is 2.63. The van der Waals surface area contributed by atoms with E-state index in [1.807, 2.05) is 4.90 Å². The van der Waals surface area contributed by atoms with Crippen molar-refractivity contribution in [1.29, 1.82) is 0 Å². The van der Waals surface area contributed by atoms with Gasteiger partial charge in [-0.05, 0) is 42.5 Å². The number of carbonyl (C=O) groups is 3. The van der Waals surface area contributed by atoms with Crippen molar-refractivity contribution in [3.63, 3.8) is 0 Å². The molecule has 0 aromatic heterocycles. The van der Waals surface area contributed by atoms with Crippen molar-refractivity contribution < 1.29 is 29.0 Å². The van der Waals surface area contributed by atoms with E-state index in [1.54, 1.807) is 25.2 Å². The third-order valence-corrected chi connectivity index (χ3v) is 6.95. The van der Waals surface area contributed by atoms with E-state index >= 15 is 0 Å². The number of benzene rings is 1. The number of hydrogen-bond acceptors (Lipinski definition) is 6. The topological polar surface area (TPSA) is 99.6 Å². The molecule has 2 amide bonds. The molecule has 1 N–H and O–H groups in total. The Kier molecular flexibility index (Phi) is 8.92. The number of carboxylic acid groups (broad SMARTS) is 1. The van der Waals surface area contributed by atoms with Crippen LogP contribution in [-0.2, 0) is 27.3 Å². The third-order valence-electron chi connectivity index (χ3n) is 6.95.